The Labute approximate surface area is 126 Å². The van der Waals surface area contributed by atoms with Crippen molar-refractivity contribution < 1.29 is 4.79 Å². The molecule has 0 unspecified atom stereocenters. The summed E-state index contributed by atoms with van der Waals surface area (Å²) in [5, 5.41) is 0. The fraction of sp³-hybridized carbons (Fsp3) is 0.588. The highest BCUT2D eigenvalue weighted by Crippen LogP contribution is 2.21. The first kappa shape index (κ1) is 14.4. The maximum Gasteiger partial charge on any atom is 0.236 e. The van der Waals surface area contributed by atoms with Crippen LogP contribution in [0, 0.1) is 0 Å². The minimum absolute atomic E-state index is 0.296. The number of anilines is 1. The Bertz CT molecular complexity index is 507. The highest BCUT2D eigenvalue weighted by molar-refractivity contribution is 5.78. The number of fused-ring (bicyclic) bond motifs is 1. The van der Waals surface area contributed by atoms with Crippen LogP contribution in [0.5, 0.6) is 0 Å². The molecule has 0 saturated carbocycles. The second kappa shape index (κ2) is 6.48. The van der Waals surface area contributed by atoms with Crippen LogP contribution in [-0.4, -0.2) is 41.9 Å². The van der Waals surface area contributed by atoms with Gasteiger partial charge >= 0.3 is 0 Å². The number of carbonyl (C=O) groups excluding carboxylic acids is 1. The van der Waals surface area contributed by atoms with Gasteiger partial charge in [0.2, 0.25) is 5.91 Å². The maximum atomic E-state index is 12.5. The molecule has 0 atom stereocenters. The third-order valence-corrected chi connectivity index (χ3v) is 4.64. The van der Waals surface area contributed by atoms with Gasteiger partial charge in [-0.1, -0.05) is 18.9 Å². The Morgan fingerprint density at radius 1 is 1.05 bits per heavy atom. The van der Waals surface area contributed by atoms with Crippen LogP contribution in [0.2, 0.25) is 0 Å². The van der Waals surface area contributed by atoms with E-state index in [4.69, 9.17) is 5.73 Å². The lowest BCUT2D eigenvalue weighted by Gasteiger charge is -2.30. The molecule has 2 heterocycles. The van der Waals surface area contributed by atoms with Gasteiger partial charge in [0, 0.05) is 31.9 Å². The van der Waals surface area contributed by atoms with Crippen LogP contribution in [0.3, 0.4) is 0 Å². The van der Waals surface area contributed by atoms with Gasteiger partial charge in [0.1, 0.15) is 0 Å². The first-order chi connectivity index (χ1) is 10.2. The SMILES string of the molecule is Nc1ccc2c(c1)CN(CC(=O)N1CCCCCC1)CC2. The van der Waals surface area contributed by atoms with E-state index >= 15 is 0 Å². The molecule has 0 spiro atoms. The summed E-state index contributed by atoms with van der Waals surface area (Å²) in [4.78, 5) is 16.8. The van der Waals surface area contributed by atoms with Crippen molar-refractivity contribution in [2.24, 2.45) is 0 Å². The number of likely N-dealkylation sites (tertiary alicyclic amines) is 1. The second-order valence-electron chi connectivity index (χ2n) is 6.28. The van der Waals surface area contributed by atoms with Crippen molar-refractivity contribution in [3.63, 3.8) is 0 Å². The average molecular weight is 287 g/mol. The monoisotopic (exact) mass is 287 g/mol. The van der Waals surface area contributed by atoms with E-state index in [0.717, 1.165) is 51.1 Å². The highest BCUT2D eigenvalue weighted by Gasteiger charge is 2.22. The quantitative estimate of drug-likeness (QED) is 0.847. The van der Waals surface area contributed by atoms with E-state index < -0.39 is 0 Å². The van der Waals surface area contributed by atoms with E-state index in [0.29, 0.717) is 12.5 Å². The van der Waals surface area contributed by atoms with Gasteiger partial charge in [0.25, 0.3) is 0 Å². The number of hydrogen-bond acceptors (Lipinski definition) is 3. The maximum absolute atomic E-state index is 12.5. The van der Waals surface area contributed by atoms with Crippen molar-refractivity contribution in [3.8, 4) is 0 Å². The van der Waals surface area contributed by atoms with Gasteiger partial charge in [0.05, 0.1) is 6.54 Å². The van der Waals surface area contributed by atoms with Gasteiger partial charge in [-0.15, -0.1) is 0 Å². The fourth-order valence-electron chi connectivity index (χ4n) is 3.38. The summed E-state index contributed by atoms with van der Waals surface area (Å²) >= 11 is 0. The molecule has 2 N–H and O–H groups in total. The van der Waals surface area contributed by atoms with Crippen molar-refractivity contribution >= 4 is 11.6 Å². The number of amides is 1. The van der Waals surface area contributed by atoms with Gasteiger partial charge < -0.3 is 10.6 Å². The molecule has 0 bridgehead atoms. The lowest BCUT2D eigenvalue weighted by atomic mass is 9.99. The molecular weight excluding hydrogens is 262 g/mol. The predicted octanol–water partition coefficient (Wildman–Crippen LogP) is 2.03. The van der Waals surface area contributed by atoms with E-state index in [1.807, 2.05) is 6.07 Å². The Morgan fingerprint density at radius 2 is 1.81 bits per heavy atom. The molecule has 0 radical (unpaired) electrons. The van der Waals surface area contributed by atoms with Crippen molar-refractivity contribution in [2.75, 3.05) is 31.9 Å². The minimum atomic E-state index is 0.296. The number of hydrogen-bond donors (Lipinski definition) is 1. The van der Waals surface area contributed by atoms with Crippen molar-refractivity contribution in [3.05, 3.63) is 29.3 Å². The van der Waals surface area contributed by atoms with E-state index in [1.54, 1.807) is 0 Å². The largest absolute Gasteiger partial charge is 0.399 e. The Hall–Kier alpha value is -1.55. The van der Waals surface area contributed by atoms with Crippen molar-refractivity contribution in [2.45, 2.75) is 38.6 Å². The van der Waals surface area contributed by atoms with E-state index in [1.165, 1.54) is 24.0 Å². The normalized spacial score (nSPS) is 19.9. The minimum Gasteiger partial charge on any atom is -0.399 e. The summed E-state index contributed by atoms with van der Waals surface area (Å²) in [5.74, 6) is 0.296. The summed E-state index contributed by atoms with van der Waals surface area (Å²) in [7, 11) is 0. The second-order valence-corrected chi connectivity index (χ2v) is 6.28. The zero-order valence-corrected chi connectivity index (χ0v) is 12.7. The molecule has 1 aromatic carbocycles. The molecule has 2 aliphatic rings. The van der Waals surface area contributed by atoms with Gasteiger partial charge in [-0.25, -0.2) is 0 Å². The molecule has 4 heteroatoms. The van der Waals surface area contributed by atoms with Crippen molar-refractivity contribution in [1.29, 1.82) is 0 Å². The number of benzene rings is 1. The molecule has 0 aliphatic carbocycles. The predicted molar refractivity (Wildman–Crippen MR) is 84.9 cm³/mol. The van der Waals surface area contributed by atoms with Crippen LogP contribution in [0.1, 0.15) is 36.8 Å². The zero-order valence-electron chi connectivity index (χ0n) is 12.7. The summed E-state index contributed by atoms with van der Waals surface area (Å²) in [6.07, 6.45) is 5.86. The number of rotatable bonds is 2. The van der Waals surface area contributed by atoms with Crippen molar-refractivity contribution in [1.82, 2.24) is 9.80 Å². The van der Waals surface area contributed by atoms with Gasteiger partial charge in [0.15, 0.2) is 0 Å². The molecule has 21 heavy (non-hydrogen) atoms. The Balaban J connectivity index is 1.59. The van der Waals surface area contributed by atoms with E-state index in [9.17, 15) is 4.79 Å². The molecule has 1 aromatic rings. The first-order valence-electron chi connectivity index (χ1n) is 8.10. The van der Waals surface area contributed by atoms with Crippen LogP contribution < -0.4 is 5.73 Å². The molecule has 1 amide bonds. The topological polar surface area (TPSA) is 49.6 Å². The molecule has 4 nitrogen and oxygen atoms in total. The number of nitrogens with zero attached hydrogens (tertiary/aromatic N) is 2. The van der Waals surface area contributed by atoms with Gasteiger partial charge in [-0.2, -0.15) is 0 Å². The average Bonchev–Trinajstić information content (AvgIpc) is 2.76. The zero-order chi connectivity index (χ0) is 14.7. The Morgan fingerprint density at radius 3 is 2.57 bits per heavy atom. The molecule has 2 aliphatic heterocycles. The van der Waals surface area contributed by atoms with Crippen LogP contribution in [0.15, 0.2) is 18.2 Å². The Kier molecular flexibility index (Phi) is 4.44. The van der Waals surface area contributed by atoms with E-state index in [-0.39, 0.29) is 0 Å². The standard InChI is InChI=1S/C17H25N3O/c18-16-6-5-14-7-10-19(12-15(14)11-16)13-17(21)20-8-3-1-2-4-9-20/h5-6,11H,1-4,7-10,12-13,18H2. The number of nitrogens with two attached hydrogens (primary N) is 1. The molecule has 3 rings (SSSR count). The lowest BCUT2D eigenvalue weighted by Crippen LogP contribution is -2.42. The third kappa shape index (κ3) is 3.56. The summed E-state index contributed by atoms with van der Waals surface area (Å²) in [6.45, 7) is 4.25. The van der Waals surface area contributed by atoms with Crippen LogP contribution in [0.4, 0.5) is 5.69 Å². The molecule has 0 aromatic heterocycles. The lowest BCUT2D eigenvalue weighted by molar-refractivity contribution is -0.132. The summed E-state index contributed by atoms with van der Waals surface area (Å²) in [6, 6.07) is 6.15. The van der Waals surface area contributed by atoms with Crippen LogP contribution >= 0.6 is 0 Å². The van der Waals surface area contributed by atoms with Gasteiger partial charge in [-0.3, -0.25) is 9.69 Å². The fourth-order valence-corrected chi connectivity index (χ4v) is 3.38. The molecule has 1 fully saturated rings. The third-order valence-electron chi connectivity index (χ3n) is 4.64. The molecule has 114 valence electrons. The number of nitrogen functional groups attached to an aromatic ring is 1. The smallest absolute Gasteiger partial charge is 0.236 e. The first-order valence-corrected chi connectivity index (χ1v) is 8.10. The molecular formula is C17H25N3O. The van der Waals surface area contributed by atoms with Crippen LogP contribution in [0.25, 0.3) is 0 Å². The highest BCUT2D eigenvalue weighted by atomic mass is 16.2. The van der Waals surface area contributed by atoms with Crippen LogP contribution in [-0.2, 0) is 17.8 Å². The number of carbonyl (C=O) groups is 1. The van der Waals surface area contributed by atoms with Gasteiger partial charge in [-0.05, 0) is 42.5 Å². The van der Waals surface area contributed by atoms with E-state index in [2.05, 4.69) is 21.9 Å². The molecule has 1 saturated heterocycles. The summed E-state index contributed by atoms with van der Waals surface area (Å²) in [5.41, 5.74) is 9.34. The summed E-state index contributed by atoms with van der Waals surface area (Å²) < 4.78 is 0.